The lowest BCUT2D eigenvalue weighted by atomic mass is 10.1. The minimum Gasteiger partial charge on any atom is -0.503 e. The number of esters is 1. The molecule has 4 aliphatic heterocycles. The number of aliphatic hydroxyl groups is 2. The van der Waals surface area contributed by atoms with E-state index in [0.717, 1.165) is 54.8 Å². The van der Waals surface area contributed by atoms with Crippen molar-refractivity contribution in [2.24, 2.45) is 5.73 Å². The number of hydrogen-bond acceptors (Lipinski definition) is 19. The van der Waals surface area contributed by atoms with Crippen LogP contribution in [0.2, 0.25) is 0 Å². The third-order valence-electron chi connectivity index (χ3n) is 15.2. The highest BCUT2D eigenvalue weighted by atomic mass is 19.2. The van der Waals surface area contributed by atoms with Crippen LogP contribution in [0.25, 0.3) is 0 Å². The summed E-state index contributed by atoms with van der Waals surface area (Å²) in [6, 6.07) is 17.3. The van der Waals surface area contributed by atoms with Gasteiger partial charge in [0.05, 0.1) is 58.6 Å². The van der Waals surface area contributed by atoms with Gasteiger partial charge in [0.25, 0.3) is 29.5 Å². The summed E-state index contributed by atoms with van der Waals surface area (Å²) in [6.07, 6.45) is 2.66. The number of nitrogens with two attached hydrogens (primary N) is 1. The number of aldehydes is 1. The van der Waals surface area contributed by atoms with Gasteiger partial charge in [0.15, 0.2) is 46.8 Å². The number of halogens is 6. The number of fused-ring (bicyclic) bond motifs is 4. The Kier molecular flexibility index (Phi) is 25.7. The Hall–Kier alpha value is -11.0. The Labute approximate surface area is 558 Å². The molecule has 0 spiro atoms. The van der Waals surface area contributed by atoms with E-state index in [9.17, 15) is 84.5 Å². The average Bonchev–Trinajstić information content (AvgIpc) is 1.74. The third kappa shape index (κ3) is 17.6. The molecule has 99 heavy (non-hydrogen) atoms. The third-order valence-corrected chi connectivity index (χ3v) is 15.2. The van der Waals surface area contributed by atoms with Crippen LogP contribution < -0.4 is 42.7 Å². The van der Waals surface area contributed by atoms with E-state index in [4.69, 9.17) is 30.2 Å². The number of nitrogens with zero attached hydrogens (tertiary/aromatic N) is 5. The van der Waals surface area contributed by atoms with E-state index in [1.807, 2.05) is 37.3 Å². The van der Waals surface area contributed by atoms with Crippen LogP contribution in [-0.4, -0.2) is 150 Å². The Bertz CT molecular complexity index is 4380. The summed E-state index contributed by atoms with van der Waals surface area (Å²) in [5, 5.41) is 42.4. The number of ether oxygens (including phenoxy) is 4. The zero-order valence-corrected chi connectivity index (χ0v) is 53.4. The predicted octanol–water partition coefficient (Wildman–Crippen LogP) is 3.48. The topological polar surface area (TPSA) is 372 Å². The molecular formula is C66H67F6N9O18. The first-order chi connectivity index (χ1) is 47.2. The highest BCUT2D eigenvalue weighted by Crippen LogP contribution is 2.32. The molecule has 33 heteroatoms. The normalized spacial score (nSPS) is 16.3. The van der Waals surface area contributed by atoms with Gasteiger partial charge in [-0.05, 0) is 44.5 Å². The molecule has 0 bridgehead atoms. The number of carbonyl (C=O) groups is 7. The van der Waals surface area contributed by atoms with E-state index in [0.29, 0.717) is 37.7 Å². The number of nitrogens with one attached hydrogen (secondary N) is 3. The molecule has 526 valence electrons. The molecule has 2 fully saturated rings. The van der Waals surface area contributed by atoms with Crippen LogP contribution >= 0.6 is 0 Å². The van der Waals surface area contributed by atoms with Crippen molar-refractivity contribution < 1.29 is 99.3 Å². The maximum atomic E-state index is 14.0. The number of aliphatic hydroxyl groups excluding tert-OH is 2. The summed E-state index contributed by atoms with van der Waals surface area (Å²) >= 11 is 0. The zero-order valence-electron chi connectivity index (χ0n) is 53.4. The molecule has 0 saturated carbocycles. The molecule has 7 heterocycles. The summed E-state index contributed by atoms with van der Waals surface area (Å²) in [5.74, 6) is -11.6. The van der Waals surface area contributed by atoms with E-state index >= 15 is 0 Å². The summed E-state index contributed by atoms with van der Waals surface area (Å²) in [7, 11) is 2.01. The number of amides is 5. The molecule has 9 N–H and O–H groups in total. The second-order valence-corrected chi connectivity index (χ2v) is 22.2. The SMILES string of the molecule is CO.COC(=O)c1c(O)c(=O)c(C(=O)NCc2ccc(F)cc2F)cn1CC=O.C[C@@H](N)CO.C[C@@H]1CO[C@H]2Cn3cc(C(=O)NCc4ccc(F)cc4F)c(=O)c(O)c3C(=O)N12.C[C@@H]1CO[C@H]2Cn3cc(C(=O)NCc4ccc(F)cc4F)c(=O)c(OCc4ccccc4)c3C(=O)N12. The quantitative estimate of drug-likeness (QED) is 0.0390. The molecule has 4 aliphatic rings. The van der Waals surface area contributed by atoms with Crippen molar-refractivity contribution in [2.45, 2.75) is 97.2 Å². The Morgan fingerprint density at radius 1 is 0.626 bits per heavy atom. The van der Waals surface area contributed by atoms with Gasteiger partial charge in [-0.25, -0.2) is 31.1 Å². The number of rotatable bonds is 16. The fourth-order valence-electron chi connectivity index (χ4n) is 10.3. The van der Waals surface area contributed by atoms with Gasteiger partial charge in [0.2, 0.25) is 16.3 Å². The molecule has 7 aromatic rings. The van der Waals surface area contributed by atoms with Crippen molar-refractivity contribution >= 4 is 41.8 Å². The van der Waals surface area contributed by atoms with Gasteiger partial charge in [-0.15, -0.1) is 0 Å². The van der Waals surface area contributed by atoms with E-state index in [1.54, 1.807) is 18.7 Å². The van der Waals surface area contributed by atoms with E-state index in [1.165, 1.54) is 38.6 Å². The average molecular weight is 1390 g/mol. The van der Waals surface area contributed by atoms with Gasteiger partial charge in [-0.3, -0.25) is 38.4 Å². The van der Waals surface area contributed by atoms with Gasteiger partial charge in [0, 0.05) is 86.3 Å². The van der Waals surface area contributed by atoms with E-state index < -0.39 is 134 Å². The number of pyridine rings is 3. The number of hydrogen-bond donors (Lipinski definition) is 8. The van der Waals surface area contributed by atoms with Crippen molar-refractivity contribution in [3.8, 4) is 17.2 Å². The van der Waals surface area contributed by atoms with Crippen molar-refractivity contribution in [1.82, 2.24) is 39.5 Å². The monoisotopic (exact) mass is 1390 g/mol. The lowest BCUT2D eigenvalue weighted by Crippen LogP contribution is -2.49. The Morgan fingerprint density at radius 2 is 1.03 bits per heavy atom. The van der Waals surface area contributed by atoms with Gasteiger partial charge in [-0.1, -0.05) is 48.5 Å². The van der Waals surface area contributed by atoms with Gasteiger partial charge >= 0.3 is 5.97 Å². The van der Waals surface area contributed by atoms with E-state index in [2.05, 4.69) is 20.7 Å². The minimum absolute atomic E-state index is 0.0116. The van der Waals surface area contributed by atoms with E-state index in [-0.39, 0.29) is 103 Å². The van der Waals surface area contributed by atoms with Crippen LogP contribution in [-0.2, 0) is 64.9 Å². The maximum Gasteiger partial charge on any atom is 0.358 e. The maximum absolute atomic E-state index is 14.0. The number of methoxy groups -OCH3 is 1. The second-order valence-electron chi connectivity index (χ2n) is 22.2. The highest BCUT2D eigenvalue weighted by molar-refractivity contribution is 6.01. The van der Waals surface area contributed by atoms with Crippen molar-refractivity contribution in [3.63, 3.8) is 0 Å². The molecule has 5 atom stereocenters. The van der Waals surface area contributed by atoms with Crippen molar-refractivity contribution in [1.29, 1.82) is 0 Å². The van der Waals surface area contributed by atoms with Crippen LogP contribution in [0.15, 0.2) is 118 Å². The van der Waals surface area contributed by atoms with Gasteiger partial charge < -0.3 is 89.4 Å². The highest BCUT2D eigenvalue weighted by Gasteiger charge is 2.45. The summed E-state index contributed by atoms with van der Waals surface area (Å²) < 4.78 is 106. The Balaban J connectivity index is 0.000000201. The molecule has 0 radical (unpaired) electrons. The smallest absolute Gasteiger partial charge is 0.358 e. The number of aromatic nitrogens is 3. The van der Waals surface area contributed by atoms with Crippen molar-refractivity contribution in [3.05, 3.63) is 225 Å². The van der Waals surface area contributed by atoms with Crippen LogP contribution in [0.4, 0.5) is 26.3 Å². The molecule has 4 aromatic carbocycles. The standard InChI is InChI=1S/C26H23F2N3O5.C19H17F2N3O5.C17H14F2N2O6.C3H9NO.CH4O/c1-15-13-35-21-12-30-11-19(25(33)29-10-17-7-8-18(27)9-20(17)28)23(32)24(22(30)26(34)31(15)21)36-14-16-5-3-2-4-6-16;1-9-8-29-14-7-23-6-12(16(25)17(26)15(23)19(28)24(9)14)18(27)22-5-10-2-3-11(20)4-13(10)21;1-27-17(26)13-15(24)14(23)11(8-21(13)4-5-22)16(25)20-7-9-2-3-10(18)6-12(9)19;1-3(4)2-5;1-2/h2-9,11,15,21H,10,12-14H2,1H3,(H,29,33);2-4,6,9,14,26H,5,7-8H2,1H3,(H,22,27);2-3,5-6,8,24H,4,7H2,1H3,(H,20,25);3,5H,2,4H2,1H3;2H,1H3/t15-,21+;9-,14+;;3-;/m11.1./s1. The Morgan fingerprint density at radius 3 is 1.44 bits per heavy atom. The summed E-state index contributed by atoms with van der Waals surface area (Å²) in [5.41, 5.74) is 0.943. The molecule has 5 amide bonds. The fraction of sp³-hybridized carbons (Fsp3) is 0.303. The molecule has 0 unspecified atom stereocenters. The lowest BCUT2D eigenvalue weighted by molar-refractivity contribution is -0.108. The first-order valence-electron chi connectivity index (χ1n) is 29.9. The lowest BCUT2D eigenvalue weighted by Gasteiger charge is -2.34. The van der Waals surface area contributed by atoms with Crippen LogP contribution in [0, 0.1) is 34.9 Å². The second kappa shape index (κ2) is 33.8. The first kappa shape index (κ1) is 75.4. The van der Waals surface area contributed by atoms with Crippen LogP contribution in [0.3, 0.4) is 0 Å². The number of benzene rings is 4. The molecular weight excluding hydrogens is 1320 g/mol. The molecule has 2 saturated heterocycles. The van der Waals surface area contributed by atoms with Crippen molar-refractivity contribution in [2.75, 3.05) is 34.0 Å². The summed E-state index contributed by atoms with van der Waals surface area (Å²) in [4.78, 5) is 127. The fourth-order valence-corrected chi connectivity index (χ4v) is 10.3. The van der Waals surface area contributed by atoms with Gasteiger partial charge in [0.1, 0.15) is 64.5 Å². The largest absolute Gasteiger partial charge is 0.503 e. The minimum atomic E-state index is -1.17. The van der Waals surface area contributed by atoms with Crippen LogP contribution in [0.1, 0.15) is 106 Å². The number of carbonyl (C=O) groups excluding carboxylic acids is 7. The molecule has 11 rings (SSSR count). The van der Waals surface area contributed by atoms with Crippen LogP contribution in [0.5, 0.6) is 17.2 Å². The molecule has 0 aliphatic carbocycles. The zero-order chi connectivity index (χ0) is 72.7. The number of aromatic hydroxyl groups is 2. The van der Waals surface area contributed by atoms with Gasteiger partial charge in [-0.2, -0.15) is 0 Å². The first-order valence-corrected chi connectivity index (χ1v) is 29.9. The molecule has 27 nitrogen and oxygen atoms in total. The molecule has 3 aromatic heterocycles. The summed E-state index contributed by atoms with van der Waals surface area (Å²) in [6.45, 7) is 5.17. The predicted molar refractivity (Wildman–Crippen MR) is 336 cm³/mol.